The van der Waals surface area contributed by atoms with Crippen molar-refractivity contribution in [3.8, 4) is 17.2 Å². The first-order valence-corrected chi connectivity index (χ1v) is 24.2. The lowest BCUT2D eigenvalue weighted by molar-refractivity contribution is -0.888. The number of ether oxygens (including phenoxy) is 1. The molecule has 0 aliphatic rings. The molecule has 0 aliphatic carbocycles. The third-order valence-electron chi connectivity index (χ3n) is 11.5. The van der Waals surface area contributed by atoms with Crippen LogP contribution in [0.25, 0.3) is 0 Å². The fraction of sp³-hybridized carbons (Fsp3) is 0.520. The summed E-state index contributed by atoms with van der Waals surface area (Å²) >= 11 is 0. The van der Waals surface area contributed by atoms with Gasteiger partial charge in [0, 0.05) is 6.42 Å². The van der Waals surface area contributed by atoms with E-state index in [0.29, 0.717) is 25.0 Å². The van der Waals surface area contributed by atoms with E-state index in [9.17, 15) is 92.2 Å². The molecule has 1 N–H and O–H groups in total. The number of hydrogen-bond acceptors (Lipinski definition) is 4. The first-order valence-electron chi connectivity index (χ1n) is 24.2. The fourth-order valence-corrected chi connectivity index (χ4v) is 7.71. The summed E-state index contributed by atoms with van der Waals surface area (Å²) < 4.78 is 347. The Kier molecular flexibility index (Phi) is 24.1. The zero-order chi connectivity index (χ0) is 60.9. The highest BCUT2D eigenvalue weighted by atomic mass is 19.4. The minimum atomic E-state index is -5.69. The average molecular weight is 1200 g/mol. The summed E-state index contributed by atoms with van der Waals surface area (Å²) in [4.78, 5) is -0.359. The second-order valence-corrected chi connectivity index (χ2v) is 17.7. The van der Waals surface area contributed by atoms with Gasteiger partial charge in [-0.1, -0.05) is 82.8 Å². The maximum atomic E-state index is 15.1. The summed E-state index contributed by atoms with van der Waals surface area (Å²) in [5.41, 5.74) is -16.5. The second-order valence-electron chi connectivity index (χ2n) is 17.7. The number of halogens is 24. The van der Waals surface area contributed by atoms with E-state index in [2.05, 4.69) is 6.92 Å². The van der Waals surface area contributed by atoms with Gasteiger partial charge in [0.05, 0.1) is 41.0 Å². The van der Waals surface area contributed by atoms with Gasteiger partial charge in [0.1, 0.15) is 17.1 Å². The maximum Gasteiger partial charge on any atom is 0.864 e. The predicted molar refractivity (Wildman–Crippen MR) is 240 cm³/mol. The van der Waals surface area contributed by atoms with E-state index in [1.165, 1.54) is 13.8 Å². The topological polar surface area (TPSA) is 41.4 Å². The van der Waals surface area contributed by atoms with Crippen molar-refractivity contribution >= 4 is 13.0 Å². The SMILES string of the molecule is CCCCCCCCCCCCC[NH+](c1c(OB(Oc2cc(C(F)(F)F)cc(C(F)(F)F)c2)Oc2cc(C(F)(F)F)cc(C(F)(F)F)c2)cc(C(F)(F)F)cc1C(F)(F)F)C(CC)OCC.FC(F)(F)c1c[c-]cc(C(F)(F)F)c1. The third-order valence-corrected chi connectivity index (χ3v) is 11.5. The Hall–Kier alpha value is -5.42. The zero-order valence-corrected chi connectivity index (χ0v) is 42.1. The molecule has 4 rings (SSSR count). The van der Waals surface area contributed by atoms with Crippen LogP contribution in [0.2, 0.25) is 0 Å². The van der Waals surface area contributed by atoms with Crippen LogP contribution in [0.3, 0.4) is 0 Å². The van der Waals surface area contributed by atoms with Gasteiger partial charge in [-0.2, -0.15) is 124 Å². The summed E-state index contributed by atoms with van der Waals surface area (Å²) in [6.07, 6.45) is -35.9. The minimum Gasteiger partial charge on any atom is -0.490 e. The normalized spacial score (nSPS) is 13.8. The van der Waals surface area contributed by atoms with E-state index in [1.807, 2.05) is 0 Å². The van der Waals surface area contributed by atoms with E-state index < -0.39 is 143 Å². The Bertz CT molecular complexity index is 2380. The smallest absolute Gasteiger partial charge is 0.490 e. The van der Waals surface area contributed by atoms with Gasteiger partial charge in [0.15, 0.2) is 17.7 Å². The summed E-state index contributed by atoms with van der Waals surface area (Å²) in [7, 11) is -3.31. The van der Waals surface area contributed by atoms with Gasteiger partial charge in [0.2, 0.25) is 0 Å². The van der Waals surface area contributed by atoms with Crippen molar-refractivity contribution in [1.29, 1.82) is 0 Å². The van der Waals surface area contributed by atoms with E-state index in [0.717, 1.165) is 51.4 Å². The van der Waals surface area contributed by atoms with Crippen molar-refractivity contribution in [2.75, 3.05) is 13.2 Å². The van der Waals surface area contributed by atoms with Gasteiger partial charge in [-0.3, -0.25) is 4.90 Å². The number of unbranched alkanes of at least 4 members (excludes halogenated alkanes) is 10. The van der Waals surface area contributed by atoms with E-state index >= 15 is 13.2 Å². The molecule has 450 valence electrons. The molecule has 0 saturated heterocycles. The highest BCUT2D eigenvalue weighted by Crippen LogP contribution is 2.45. The Labute approximate surface area is 442 Å². The molecular formula is C50H50BF24NO4. The summed E-state index contributed by atoms with van der Waals surface area (Å²) in [6, 6.07) is 0.934. The molecule has 0 heterocycles. The van der Waals surface area contributed by atoms with Gasteiger partial charge in [0.25, 0.3) is 0 Å². The predicted octanol–water partition coefficient (Wildman–Crippen LogP) is 18.4. The quantitative estimate of drug-likeness (QED) is 0.0264. The highest BCUT2D eigenvalue weighted by Gasteiger charge is 2.48. The van der Waals surface area contributed by atoms with Crippen molar-refractivity contribution in [1.82, 2.24) is 0 Å². The first-order chi connectivity index (χ1) is 36.6. The molecule has 2 atom stereocenters. The van der Waals surface area contributed by atoms with Crippen LogP contribution in [0, 0.1) is 6.07 Å². The van der Waals surface area contributed by atoms with Crippen molar-refractivity contribution in [2.45, 2.75) is 153 Å². The summed E-state index contributed by atoms with van der Waals surface area (Å²) in [5.74, 6) is -4.73. The number of alkyl halides is 24. The van der Waals surface area contributed by atoms with Crippen LogP contribution in [0.1, 0.15) is 142 Å². The van der Waals surface area contributed by atoms with Gasteiger partial charge < -0.3 is 18.7 Å². The average Bonchev–Trinajstić information content (AvgIpc) is 3.31. The Balaban J connectivity index is 0.00000104. The molecule has 0 amide bonds. The van der Waals surface area contributed by atoms with Crippen molar-refractivity contribution in [3.63, 3.8) is 0 Å². The molecule has 4 aromatic carbocycles. The molecule has 5 nitrogen and oxygen atoms in total. The fourth-order valence-electron chi connectivity index (χ4n) is 7.71. The molecule has 0 saturated carbocycles. The number of rotatable bonds is 23. The van der Waals surface area contributed by atoms with Gasteiger partial charge in [-0.15, -0.1) is 6.07 Å². The zero-order valence-electron chi connectivity index (χ0n) is 42.1. The molecular weight excluding hydrogens is 1150 g/mol. The molecule has 0 spiro atoms. The maximum absolute atomic E-state index is 15.1. The minimum absolute atomic E-state index is 0.0521. The van der Waals surface area contributed by atoms with E-state index in [1.54, 1.807) is 6.07 Å². The first kappa shape index (κ1) is 68.9. The van der Waals surface area contributed by atoms with Crippen LogP contribution in [-0.4, -0.2) is 26.7 Å². The van der Waals surface area contributed by atoms with Crippen LogP contribution in [0.4, 0.5) is 111 Å². The Morgan fingerprint density at radius 3 is 1.06 bits per heavy atom. The highest BCUT2D eigenvalue weighted by molar-refractivity contribution is 6.39. The largest absolute Gasteiger partial charge is 0.864 e. The molecule has 0 aromatic heterocycles. The molecule has 80 heavy (non-hydrogen) atoms. The van der Waals surface area contributed by atoms with Crippen LogP contribution in [0.15, 0.2) is 66.7 Å². The van der Waals surface area contributed by atoms with Crippen molar-refractivity contribution in [3.05, 3.63) is 117 Å². The number of benzene rings is 4. The van der Waals surface area contributed by atoms with Crippen LogP contribution in [0.5, 0.6) is 17.2 Å². The van der Waals surface area contributed by atoms with Gasteiger partial charge in [-0.05, 0) is 68.3 Å². The number of nitrogens with one attached hydrogen (secondary N) is 1. The van der Waals surface area contributed by atoms with Crippen LogP contribution >= 0.6 is 0 Å². The van der Waals surface area contributed by atoms with Crippen molar-refractivity contribution < 1.29 is 129 Å². The lowest BCUT2D eigenvalue weighted by Gasteiger charge is -2.31. The van der Waals surface area contributed by atoms with Gasteiger partial charge in [-0.25, -0.2) is 0 Å². The number of hydrogen-bond donors (Lipinski definition) is 1. The number of quaternary nitrogens is 1. The Morgan fingerprint density at radius 2 is 0.738 bits per heavy atom. The lowest BCUT2D eigenvalue weighted by atomic mass is 10.0. The van der Waals surface area contributed by atoms with Crippen LogP contribution < -0.4 is 18.9 Å². The molecule has 4 aromatic rings. The summed E-state index contributed by atoms with van der Waals surface area (Å²) in [5, 5.41) is 0. The third kappa shape index (κ3) is 21.8. The molecule has 30 heteroatoms. The van der Waals surface area contributed by atoms with Crippen LogP contribution in [-0.2, 0) is 54.1 Å². The monoisotopic (exact) mass is 1200 g/mol. The standard InChI is InChI=1S/C42H46BF18NO4.C8H3F6/c1-4-7-8-9-10-11-12-13-14-15-16-17-62(35(5-2)63-6-3)36-33(42(59,60)61)24-30(41(56,57)58)25-34(36)66-43(64-31-20-26(37(44,45)46)18-27(21-31)38(47,48)49)65-32-22-28(39(50,51)52)19-29(23-32)40(53,54)55;9-7(10,11)5-2-1-3-6(4-5)8(12,13)14/h18-25,35H,4-17H2,1-3H3;2-4H/q;-1/p+1. The van der Waals surface area contributed by atoms with Crippen molar-refractivity contribution in [2.24, 2.45) is 0 Å². The molecule has 0 aliphatic heterocycles. The molecule has 0 fully saturated rings. The Morgan fingerprint density at radius 1 is 0.400 bits per heavy atom. The second kappa shape index (κ2) is 28.0. The van der Waals surface area contributed by atoms with E-state index in [-0.39, 0.29) is 73.4 Å². The van der Waals surface area contributed by atoms with Gasteiger partial charge >= 0.3 is 56.7 Å². The molecule has 0 bridgehead atoms. The molecule has 0 radical (unpaired) electrons. The lowest BCUT2D eigenvalue weighted by Crippen LogP contribution is -3.12. The van der Waals surface area contributed by atoms with E-state index in [4.69, 9.17) is 18.7 Å². The summed E-state index contributed by atoms with van der Waals surface area (Å²) in [6.45, 7) is 4.43. The molecule has 2 unspecified atom stereocenters.